The van der Waals surface area contributed by atoms with Gasteiger partial charge in [0.25, 0.3) is 5.91 Å². The summed E-state index contributed by atoms with van der Waals surface area (Å²) < 4.78 is 43.1. The Kier molecular flexibility index (Phi) is 4.39. The van der Waals surface area contributed by atoms with Crippen molar-refractivity contribution in [3.63, 3.8) is 0 Å². The number of hydrogen-bond donors (Lipinski definition) is 1. The van der Waals surface area contributed by atoms with E-state index < -0.39 is 23.7 Å². The summed E-state index contributed by atoms with van der Waals surface area (Å²) in [6, 6.07) is 6.36. The second kappa shape index (κ2) is 6.11. The Morgan fingerprint density at radius 3 is 2.30 bits per heavy atom. The normalized spacial score (nSPS) is 11.2. The quantitative estimate of drug-likeness (QED) is 0.879. The molecule has 0 saturated carbocycles. The predicted octanol–water partition coefficient (Wildman–Crippen LogP) is 2.48. The minimum absolute atomic E-state index is 0.280. The van der Waals surface area contributed by atoms with Gasteiger partial charge in [-0.1, -0.05) is 0 Å². The van der Waals surface area contributed by atoms with E-state index in [4.69, 9.17) is 0 Å². The molecule has 1 aromatic carbocycles. The Hall–Kier alpha value is -2.84. The summed E-state index contributed by atoms with van der Waals surface area (Å²) >= 11 is 0. The lowest BCUT2D eigenvalue weighted by Crippen LogP contribution is -2.13. The van der Waals surface area contributed by atoms with Crippen LogP contribution in [0.3, 0.4) is 0 Å². The topological polar surface area (TPSA) is 73.2 Å². The maximum Gasteiger partial charge on any atom is 0.433 e. The maximum atomic E-state index is 12.7. The van der Waals surface area contributed by atoms with Crippen molar-refractivity contribution in [2.75, 3.05) is 12.4 Å². The van der Waals surface area contributed by atoms with E-state index in [-0.39, 0.29) is 11.3 Å². The molecule has 0 aliphatic rings. The molecule has 1 amide bonds. The van der Waals surface area contributed by atoms with E-state index in [1.165, 1.54) is 31.4 Å². The summed E-state index contributed by atoms with van der Waals surface area (Å²) in [5, 5.41) is 5.94. The van der Waals surface area contributed by atoms with E-state index in [0.29, 0.717) is 16.4 Å². The summed E-state index contributed by atoms with van der Waals surface area (Å²) in [7, 11) is 2.34. The highest BCUT2D eigenvalue weighted by molar-refractivity contribution is 6.03. The number of carbonyl (C=O) groups is 2. The van der Waals surface area contributed by atoms with Gasteiger partial charge >= 0.3 is 12.1 Å². The molecule has 2 rings (SSSR count). The molecule has 0 radical (unpaired) electrons. The van der Waals surface area contributed by atoms with E-state index in [1.54, 1.807) is 0 Å². The van der Waals surface area contributed by atoms with Gasteiger partial charge in [0.1, 0.15) is 5.69 Å². The van der Waals surface area contributed by atoms with Crippen LogP contribution in [0.4, 0.5) is 18.9 Å². The third kappa shape index (κ3) is 3.68. The Morgan fingerprint density at radius 1 is 1.22 bits per heavy atom. The number of ether oxygens (including phenoxy) is 1. The predicted molar refractivity (Wildman–Crippen MR) is 73.9 cm³/mol. The second-order valence-electron chi connectivity index (χ2n) is 4.56. The number of methoxy groups -OCH3 is 1. The van der Waals surface area contributed by atoms with Crippen LogP contribution < -0.4 is 5.32 Å². The van der Waals surface area contributed by atoms with Crippen LogP contribution in [0.5, 0.6) is 0 Å². The SMILES string of the molecule is COC(=O)c1ccc(NC(=O)c2cc(C(F)(F)F)n(C)n2)cc1. The largest absolute Gasteiger partial charge is 0.465 e. The highest BCUT2D eigenvalue weighted by atomic mass is 19.4. The van der Waals surface area contributed by atoms with Crippen molar-refractivity contribution in [2.45, 2.75) is 6.18 Å². The van der Waals surface area contributed by atoms with Gasteiger partial charge in [-0.3, -0.25) is 9.48 Å². The average molecular weight is 327 g/mol. The number of carbonyl (C=O) groups excluding carboxylic acids is 2. The fraction of sp³-hybridized carbons (Fsp3) is 0.214. The molecule has 0 spiro atoms. The molecule has 1 aromatic heterocycles. The second-order valence-corrected chi connectivity index (χ2v) is 4.56. The molecule has 0 aliphatic heterocycles. The molecule has 23 heavy (non-hydrogen) atoms. The molecule has 0 bridgehead atoms. The number of amides is 1. The van der Waals surface area contributed by atoms with Crippen molar-refractivity contribution in [1.29, 1.82) is 0 Å². The van der Waals surface area contributed by atoms with E-state index in [2.05, 4.69) is 15.2 Å². The number of esters is 1. The highest BCUT2D eigenvalue weighted by Crippen LogP contribution is 2.29. The fourth-order valence-corrected chi connectivity index (χ4v) is 1.85. The zero-order valence-corrected chi connectivity index (χ0v) is 12.1. The van der Waals surface area contributed by atoms with Crippen molar-refractivity contribution < 1.29 is 27.5 Å². The van der Waals surface area contributed by atoms with Crippen LogP contribution in [-0.4, -0.2) is 28.8 Å². The Morgan fingerprint density at radius 2 is 1.83 bits per heavy atom. The smallest absolute Gasteiger partial charge is 0.433 e. The van der Waals surface area contributed by atoms with Crippen molar-refractivity contribution >= 4 is 17.6 Å². The lowest BCUT2D eigenvalue weighted by atomic mass is 10.2. The molecular weight excluding hydrogens is 315 g/mol. The molecule has 122 valence electrons. The molecule has 9 heteroatoms. The van der Waals surface area contributed by atoms with Gasteiger partial charge in [0, 0.05) is 18.8 Å². The summed E-state index contributed by atoms with van der Waals surface area (Å²) in [5.41, 5.74) is -0.801. The lowest BCUT2D eigenvalue weighted by molar-refractivity contribution is -0.143. The number of benzene rings is 1. The standard InChI is InChI=1S/C14H12F3N3O3/c1-20-11(14(15,16)17)7-10(19-20)12(21)18-9-5-3-8(4-6-9)13(22)23-2/h3-7H,1-2H3,(H,18,21). The molecule has 0 unspecified atom stereocenters. The van der Waals surface area contributed by atoms with Crippen LogP contribution in [0, 0.1) is 0 Å². The number of nitrogens with one attached hydrogen (secondary N) is 1. The Bertz CT molecular complexity index is 736. The van der Waals surface area contributed by atoms with Gasteiger partial charge < -0.3 is 10.1 Å². The molecular formula is C14H12F3N3O3. The van der Waals surface area contributed by atoms with Crippen LogP contribution >= 0.6 is 0 Å². The van der Waals surface area contributed by atoms with Crippen LogP contribution in [-0.2, 0) is 18.0 Å². The third-order valence-corrected chi connectivity index (χ3v) is 2.97. The number of aryl methyl sites for hydroxylation is 1. The first-order valence-electron chi connectivity index (χ1n) is 6.33. The third-order valence-electron chi connectivity index (χ3n) is 2.97. The molecule has 2 aromatic rings. The molecule has 1 heterocycles. The average Bonchev–Trinajstić information content (AvgIpc) is 2.89. The minimum Gasteiger partial charge on any atom is -0.465 e. The minimum atomic E-state index is -4.59. The van der Waals surface area contributed by atoms with Gasteiger partial charge in [-0.2, -0.15) is 18.3 Å². The summed E-state index contributed by atoms with van der Waals surface area (Å²) in [6.45, 7) is 0. The number of nitrogens with zero attached hydrogens (tertiary/aromatic N) is 2. The summed E-state index contributed by atoms with van der Waals surface area (Å²) in [4.78, 5) is 23.2. The molecule has 0 aliphatic carbocycles. The van der Waals surface area contributed by atoms with Crippen LogP contribution in [0.2, 0.25) is 0 Å². The number of anilines is 1. The number of halogens is 3. The van der Waals surface area contributed by atoms with E-state index >= 15 is 0 Å². The van der Waals surface area contributed by atoms with Crippen LogP contribution in [0.1, 0.15) is 26.5 Å². The van der Waals surface area contributed by atoms with Crippen LogP contribution in [0.25, 0.3) is 0 Å². The fourth-order valence-electron chi connectivity index (χ4n) is 1.85. The van der Waals surface area contributed by atoms with E-state index in [1.807, 2.05) is 0 Å². The van der Waals surface area contributed by atoms with Gasteiger partial charge in [-0.15, -0.1) is 0 Å². The van der Waals surface area contributed by atoms with Gasteiger partial charge in [-0.05, 0) is 24.3 Å². The first-order valence-corrected chi connectivity index (χ1v) is 6.33. The molecule has 0 fully saturated rings. The number of aromatic nitrogens is 2. The molecule has 0 atom stereocenters. The first kappa shape index (κ1) is 16.5. The van der Waals surface area contributed by atoms with Gasteiger partial charge in [-0.25, -0.2) is 4.79 Å². The van der Waals surface area contributed by atoms with E-state index in [9.17, 15) is 22.8 Å². The molecule has 1 N–H and O–H groups in total. The number of rotatable bonds is 3. The van der Waals surface area contributed by atoms with Crippen molar-refractivity contribution in [1.82, 2.24) is 9.78 Å². The Balaban J connectivity index is 2.15. The monoisotopic (exact) mass is 327 g/mol. The summed E-state index contributed by atoms with van der Waals surface area (Å²) in [5.74, 6) is -1.33. The van der Waals surface area contributed by atoms with Gasteiger partial charge in [0.2, 0.25) is 0 Å². The van der Waals surface area contributed by atoms with E-state index in [0.717, 1.165) is 7.05 Å². The number of hydrogen-bond acceptors (Lipinski definition) is 4. The highest BCUT2D eigenvalue weighted by Gasteiger charge is 2.35. The maximum absolute atomic E-state index is 12.7. The zero-order valence-electron chi connectivity index (χ0n) is 12.1. The van der Waals surface area contributed by atoms with Crippen molar-refractivity contribution in [3.8, 4) is 0 Å². The van der Waals surface area contributed by atoms with Gasteiger partial charge in [0.15, 0.2) is 5.69 Å². The zero-order chi connectivity index (χ0) is 17.2. The molecule has 0 saturated heterocycles. The summed E-state index contributed by atoms with van der Waals surface area (Å²) in [6.07, 6.45) is -4.59. The number of alkyl halides is 3. The first-order chi connectivity index (χ1) is 10.7. The van der Waals surface area contributed by atoms with Crippen LogP contribution in [0.15, 0.2) is 30.3 Å². The van der Waals surface area contributed by atoms with Gasteiger partial charge in [0.05, 0.1) is 12.7 Å². The molecule has 6 nitrogen and oxygen atoms in total. The Labute approximate surface area is 128 Å². The van der Waals surface area contributed by atoms with Crippen molar-refractivity contribution in [3.05, 3.63) is 47.3 Å². The van der Waals surface area contributed by atoms with Crippen molar-refractivity contribution in [2.24, 2.45) is 7.05 Å². The lowest BCUT2D eigenvalue weighted by Gasteiger charge is -2.04.